The van der Waals surface area contributed by atoms with Crippen molar-refractivity contribution in [3.8, 4) is 0 Å². The summed E-state index contributed by atoms with van der Waals surface area (Å²) in [6.07, 6.45) is 2.05. The number of hydrogen-bond donors (Lipinski definition) is 0. The Hall–Kier alpha value is -0.210. The summed E-state index contributed by atoms with van der Waals surface area (Å²) in [5.41, 5.74) is -0.0418. The van der Waals surface area contributed by atoms with Crippen molar-refractivity contribution in [1.29, 1.82) is 0 Å². The number of halogens is 2. The van der Waals surface area contributed by atoms with Crippen molar-refractivity contribution in [1.82, 2.24) is 0 Å². The van der Waals surface area contributed by atoms with Crippen LogP contribution in [0.3, 0.4) is 0 Å². The number of carbonyl (C=O) groups excluding carboxylic acids is 1. The molecule has 0 heterocycles. The maximum atomic E-state index is 11.1. The van der Waals surface area contributed by atoms with Gasteiger partial charge in [0.25, 0.3) is 0 Å². The van der Waals surface area contributed by atoms with Gasteiger partial charge in [0.15, 0.2) is 0 Å². The Kier molecular flexibility index (Phi) is 3.49. The summed E-state index contributed by atoms with van der Waals surface area (Å²) in [5, 5.41) is 0. The van der Waals surface area contributed by atoms with Gasteiger partial charge in [-0.25, -0.2) is 0 Å². The topological polar surface area (TPSA) is 26.3 Å². The Morgan fingerprint density at radius 2 is 2.07 bits per heavy atom. The molecule has 1 rings (SSSR count). The van der Waals surface area contributed by atoms with Crippen LogP contribution >= 0.6 is 23.2 Å². The standard InChI is InChI=1S/C10H14Cl2O2/c1-4-8(13)14-9-6(5-7(11)12)10(9,2)3/h5-6,9H,4H2,1-3H3. The van der Waals surface area contributed by atoms with Gasteiger partial charge >= 0.3 is 5.97 Å². The van der Waals surface area contributed by atoms with E-state index in [1.54, 1.807) is 13.0 Å². The van der Waals surface area contributed by atoms with Crippen LogP contribution in [-0.2, 0) is 9.53 Å². The minimum atomic E-state index is -0.176. The van der Waals surface area contributed by atoms with Crippen LogP contribution in [0.2, 0.25) is 0 Å². The molecule has 0 aromatic rings. The van der Waals surface area contributed by atoms with Crippen LogP contribution < -0.4 is 0 Å². The highest BCUT2D eigenvalue weighted by atomic mass is 35.5. The number of ether oxygens (including phenoxy) is 1. The normalized spacial score (nSPS) is 28.1. The lowest BCUT2D eigenvalue weighted by atomic mass is 10.1. The van der Waals surface area contributed by atoms with E-state index < -0.39 is 0 Å². The van der Waals surface area contributed by atoms with E-state index in [0.29, 0.717) is 6.42 Å². The van der Waals surface area contributed by atoms with E-state index in [4.69, 9.17) is 27.9 Å². The van der Waals surface area contributed by atoms with E-state index in [-0.39, 0.29) is 27.9 Å². The molecule has 14 heavy (non-hydrogen) atoms. The van der Waals surface area contributed by atoms with Crippen molar-refractivity contribution in [3.63, 3.8) is 0 Å². The molecule has 1 saturated carbocycles. The molecular weight excluding hydrogens is 223 g/mol. The third-order valence-corrected chi connectivity index (χ3v) is 2.91. The highest BCUT2D eigenvalue weighted by molar-refractivity contribution is 6.55. The van der Waals surface area contributed by atoms with Crippen molar-refractivity contribution in [2.45, 2.75) is 33.3 Å². The Balaban J connectivity index is 2.58. The molecule has 0 radical (unpaired) electrons. The van der Waals surface area contributed by atoms with Crippen LogP contribution in [0.25, 0.3) is 0 Å². The second kappa shape index (κ2) is 4.11. The number of hydrogen-bond acceptors (Lipinski definition) is 2. The van der Waals surface area contributed by atoms with Gasteiger partial charge in [-0.1, -0.05) is 44.0 Å². The average Bonchev–Trinajstić information content (AvgIpc) is 2.55. The summed E-state index contributed by atoms with van der Waals surface area (Å²) in [7, 11) is 0. The molecular formula is C10H14Cl2O2. The molecule has 0 saturated heterocycles. The van der Waals surface area contributed by atoms with Crippen LogP contribution in [0.5, 0.6) is 0 Å². The van der Waals surface area contributed by atoms with E-state index in [9.17, 15) is 4.79 Å². The fraction of sp³-hybridized carbons (Fsp3) is 0.700. The van der Waals surface area contributed by atoms with Crippen LogP contribution in [0, 0.1) is 11.3 Å². The number of rotatable bonds is 3. The van der Waals surface area contributed by atoms with Crippen LogP contribution in [0.1, 0.15) is 27.2 Å². The molecule has 0 aromatic carbocycles. The van der Waals surface area contributed by atoms with Crippen LogP contribution in [-0.4, -0.2) is 12.1 Å². The molecule has 80 valence electrons. The lowest BCUT2D eigenvalue weighted by molar-refractivity contribution is -0.145. The van der Waals surface area contributed by atoms with E-state index in [0.717, 1.165) is 0 Å². The van der Waals surface area contributed by atoms with E-state index in [2.05, 4.69) is 0 Å². The van der Waals surface area contributed by atoms with Gasteiger partial charge in [0, 0.05) is 17.8 Å². The van der Waals surface area contributed by atoms with Gasteiger partial charge < -0.3 is 4.74 Å². The minimum absolute atomic E-state index is 0.0418. The van der Waals surface area contributed by atoms with Gasteiger partial charge in [-0.05, 0) is 6.08 Å². The second-order valence-corrected chi connectivity index (χ2v) is 5.08. The Bertz CT molecular complexity index is 267. The van der Waals surface area contributed by atoms with Gasteiger partial charge in [-0.3, -0.25) is 4.79 Å². The maximum absolute atomic E-state index is 11.1. The summed E-state index contributed by atoms with van der Waals surface area (Å²) in [6, 6.07) is 0. The van der Waals surface area contributed by atoms with Crippen molar-refractivity contribution in [2.24, 2.45) is 11.3 Å². The smallest absolute Gasteiger partial charge is 0.305 e. The maximum Gasteiger partial charge on any atom is 0.305 e. The third kappa shape index (κ3) is 2.43. The molecule has 2 unspecified atom stereocenters. The number of esters is 1. The van der Waals surface area contributed by atoms with Gasteiger partial charge in [-0.2, -0.15) is 0 Å². The Morgan fingerprint density at radius 1 is 1.50 bits per heavy atom. The molecule has 1 aliphatic rings. The predicted octanol–water partition coefficient (Wildman–Crippen LogP) is 3.28. The molecule has 2 nitrogen and oxygen atoms in total. The van der Waals surface area contributed by atoms with Crippen LogP contribution in [0.15, 0.2) is 10.6 Å². The Morgan fingerprint density at radius 3 is 2.50 bits per heavy atom. The molecule has 0 amide bonds. The molecule has 0 spiro atoms. The molecule has 0 bridgehead atoms. The lowest BCUT2D eigenvalue weighted by Crippen LogP contribution is -2.08. The minimum Gasteiger partial charge on any atom is -0.461 e. The van der Waals surface area contributed by atoms with Gasteiger partial charge in [0.1, 0.15) is 10.6 Å². The molecule has 0 aliphatic heterocycles. The molecule has 1 aliphatic carbocycles. The first-order valence-corrected chi connectivity index (χ1v) is 5.37. The van der Waals surface area contributed by atoms with Gasteiger partial charge in [0.2, 0.25) is 0 Å². The largest absolute Gasteiger partial charge is 0.461 e. The van der Waals surface area contributed by atoms with Crippen molar-refractivity contribution in [3.05, 3.63) is 10.6 Å². The monoisotopic (exact) mass is 236 g/mol. The lowest BCUT2D eigenvalue weighted by Gasteiger charge is -2.03. The quantitative estimate of drug-likeness (QED) is 0.704. The Labute approximate surface area is 94.2 Å². The zero-order valence-electron chi connectivity index (χ0n) is 8.51. The highest BCUT2D eigenvalue weighted by Gasteiger charge is 2.59. The van der Waals surface area contributed by atoms with Gasteiger partial charge in [-0.15, -0.1) is 0 Å². The first-order valence-electron chi connectivity index (χ1n) is 4.62. The number of carbonyl (C=O) groups is 1. The van der Waals surface area contributed by atoms with E-state index >= 15 is 0 Å². The van der Waals surface area contributed by atoms with E-state index in [1.807, 2.05) is 13.8 Å². The third-order valence-electron chi connectivity index (χ3n) is 2.66. The van der Waals surface area contributed by atoms with Gasteiger partial charge in [0.05, 0.1) is 0 Å². The summed E-state index contributed by atoms with van der Waals surface area (Å²) < 4.78 is 5.47. The predicted molar refractivity (Wildman–Crippen MR) is 57.2 cm³/mol. The molecule has 1 fully saturated rings. The molecule has 2 atom stereocenters. The van der Waals surface area contributed by atoms with Crippen molar-refractivity contribution < 1.29 is 9.53 Å². The van der Waals surface area contributed by atoms with E-state index in [1.165, 1.54) is 0 Å². The first-order chi connectivity index (χ1) is 6.39. The van der Waals surface area contributed by atoms with Crippen molar-refractivity contribution in [2.75, 3.05) is 0 Å². The zero-order chi connectivity index (χ0) is 10.9. The highest BCUT2D eigenvalue weighted by Crippen LogP contribution is 2.55. The molecule has 4 heteroatoms. The fourth-order valence-corrected chi connectivity index (χ4v) is 1.79. The summed E-state index contributed by atoms with van der Waals surface area (Å²) in [6.45, 7) is 5.83. The fourth-order valence-electron chi connectivity index (χ4n) is 1.52. The summed E-state index contributed by atoms with van der Waals surface area (Å²) in [4.78, 5) is 11.1. The van der Waals surface area contributed by atoms with Crippen LogP contribution in [0.4, 0.5) is 0 Å². The SMILES string of the molecule is CCC(=O)OC1C(C=C(Cl)Cl)C1(C)C. The second-order valence-electron chi connectivity index (χ2n) is 4.07. The summed E-state index contributed by atoms with van der Waals surface area (Å²) >= 11 is 11.1. The molecule has 0 N–H and O–H groups in total. The molecule has 0 aromatic heterocycles. The average molecular weight is 237 g/mol. The summed E-state index contributed by atoms with van der Waals surface area (Å²) in [5.74, 6) is -0.0346. The van der Waals surface area contributed by atoms with Crippen molar-refractivity contribution >= 4 is 29.2 Å². The zero-order valence-corrected chi connectivity index (χ0v) is 10.0. The first kappa shape index (κ1) is 11.9.